The highest BCUT2D eigenvalue weighted by atomic mass is 16.2. The molecule has 0 bridgehead atoms. The third-order valence-electron chi connectivity index (χ3n) is 5.37. The van der Waals surface area contributed by atoms with Crippen molar-refractivity contribution in [3.8, 4) is 0 Å². The summed E-state index contributed by atoms with van der Waals surface area (Å²) in [5.74, 6) is -0.247. The van der Waals surface area contributed by atoms with Gasteiger partial charge in [0.1, 0.15) is 0 Å². The molecule has 1 fully saturated rings. The zero-order valence-electron chi connectivity index (χ0n) is 15.7. The maximum atomic E-state index is 12.4. The first-order chi connectivity index (χ1) is 12.4. The van der Waals surface area contributed by atoms with Crippen molar-refractivity contribution in [2.75, 3.05) is 22.9 Å². The van der Waals surface area contributed by atoms with Crippen LogP contribution >= 0.6 is 0 Å². The van der Waals surface area contributed by atoms with Crippen molar-refractivity contribution in [2.24, 2.45) is 5.92 Å². The first-order valence-electron chi connectivity index (χ1n) is 9.48. The second-order valence-corrected chi connectivity index (χ2v) is 7.19. The molecule has 0 saturated carbocycles. The van der Waals surface area contributed by atoms with Crippen molar-refractivity contribution in [2.45, 2.75) is 52.5 Å². The minimum absolute atomic E-state index is 0.0197. The quantitative estimate of drug-likeness (QED) is 0.879. The Bertz CT molecular complexity index is 731. The summed E-state index contributed by atoms with van der Waals surface area (Å²) in [5, 5.41) is 2.97. The zero-order valence-corrected chi connectivity index (χ0v) is 15.7. The van der Waals surface area contributed by atoms with Crippen LogP contribution in [-0.2, 0) is 20.8 Å². The van der Waals surface area contributed by atoms with Gasteiger partial charge in [0.05, 0.1) is 5.92 Å². The molecule has 1 N–H and O–H groups in total. The molecule has 1 saturated heterocycles. The number of fused-ring (bicyclic) bond motifs is 1. The SMILES string of the molecule is CCC(=O)N1CCc2cc(N3C[C@@H](C(=O)N[C@@H](C)CC)CC3=O)ccc21. The molecule has 140 valence electrons. The summed E-state index contributed by atoms with van der Waals surface area (Å²) < 4.78 is 0. The first-order valence-corrected chi connectivity index (χ1v) is 9.48. The number of anilines is 2. The van der Waals surface area contributed by atoms with Gasteiger partial charge in [-0.15, -0.1) is 0 Å². The monoisotopic (exact) mass is 357 g/mol. The molecular weight excluding hydrogens is 330 g/mol. The van der Waals surface area contributed by atoms with Gasteiger partial charge in [-0.3, -0.25) is 14.4 Å². The Hall–Kier alpha value is -2.37. The Morgan fingerprint density at radius 2 is 2.08 bits per heavy atom. The number of hydrogen-bond donors (Lipinski definition) is 1. The Balaban J connectivity index is 1.73. The van der Waals surface area contributed by atoms with E-state index in [1.807, 2.05) is 43.9 Å². The molecule has 0 unspecified atom stereocenters. The number of nitrogens with zero attached hydrogens (tertiary/aromatic N) is 2. The highest BCUT2D eigenvalue weighted by molar-refractivity contribution is 6.01. The molecule has 6 heteroatoms. The number of carbonyl (C=O) groups is 3. The fourth-order valence-corrected chi connectivity index (χ4v) is 3.60. The average molecular weight is 357 g/mol. The van der Waals surface area contributed by atoms with Crippen LogP contribution in [0.15, 0.2) is 18.2 Å². The lowest BCUT2D eigenvalue weighted by Crippen LogP contribution is -2.38. The van der Waals surface area contributed by atoms with Crippen molar-refractivity contribution in [1.82, 2.24) is 5.32 Å². The normalized spacial score (nSPS) is 20.3. The van der Waals surface area contributed by atoms with Crippen molar-refractivity contribution < 1.29 is 14.4 Å². The predicted octanol–water partition coefficient (Wildman–Crippen LogP) is 2.25. The van der Waals surface area contributed by atoms with E-state index in [0.29, 0.717) is 19.5 Å². The van der Waals surface area contributed by atoms with Gasteiger partial charge in [0.15, 0.2) is 0 Å². The van der Waals surface area contributed by atoms with Crippen LogP contribution < -0.4 is 15.1 Å². The maximum absolute atomic E-state index is 12.4. The lowest BCUT2D eigenvalue weighted by atomic mass is 10.1. The van der Waals surface area contributed by atoms with Crippen molar-refractivity contribution in [1.29, 1.82) is 0 Å². The van der Waals surface area contributed by atoms with Crippen LogP contribution in [0.2, 0.25) is 0 Å². The van der Waals surface area contributed by atoms with E-state index in [4.69, 9.17) is 0 Å². The summed E-state index contributed by atoms with van der Waals surface area (Å²) >= 11 is 0. The van der Waals surface area contributed by atoms with E-state index in [0.717, 1.165) is 29.8 Å². The van der Waals surface area contributed by atoms with Gasteiger partial charge >= 0.3 is 0 Å². The molecule has 1 aromatic rings. The molecule has 0 aromatic heterocycles. The molecule has 26 heavy (non-hydrogen) atoms. The van der Waals surface area contributed by atoms with E-state index < -0.39 is 0 Å². The third-order valence-corrected chi connectivity index (χ3v) is 5.37. The highest BCUT2D eigenvalue weighted by Crippen LogP contribution is 2.34. The largest absolute Gasteiger partial charge is 0.353 e. The van der Waals surface area contributed by atoms with Crippen LogP contribution in [0, 0.1) is 5.92 Å². The number of rotatable bonds is 5. The summed E-state index contributed by atoms with van der Waals surface area (Å²) in [4.78, 5) is 40.3. The van der Waals surface area contributed by atoms with Crippen LogP contribution in [0.5, 0.6) is 0 Å². The average Bonchev–Trinajstić information content (AvgIpc) is 3.23. The standard InChI is InChI=1S/C20H27N3O3/c1-4-13(3)21-20(26)15-11-19(25)23(12-15)16-6-7-17-14(10-16)8-9-22(17)18(24)5-2/h6-7,10,13,15H,4-5,8-9,11-12H2,1-3H3,(H,21,26)/t13-,15-/m0/s1. The Morgan fingerprint density at radius 3 is 2.77 bits per heavy atom. The lowest BCUT2D eigenvalue weighted by Gasteiger charge is -2.20. The van der Waals surface area contributed by atoms with E-state index in [-0.39, 0.29) is 36.1 Å². The molecule has 0 aliphatic carbocycles. The second kappa shape index (κ2) is 7.48. The van der Waals surface area contributed by atoms with Gasteiger partial charge in [-0.2, -0.15) is 0 Å². The van der Waals surface area contributed by atoms with Gasteiger partial charge in [0.25, 0.3) is 0 Å². The zero-order chi connectivity index (χ0) is 18.8. The van der Waals surface area contributed by atoms with Gasteiger partial charge in [-0.05, 0) is 43.5 Å². The highest BCUT2D eigenvalue weighted by Gasteiger charge is 2.36. The summed E-state index contributed by atoms with van der Waals surface area (Å²) in [6.07, 6.45) is 2.40. The molecular formula is C20H27N3O3. The molecule has 3 rings (SSSR count). The summed E-state index contributed by atoms with van der Waals surface area (Å²) in [5.41, 5.74) is 2.85. The van der Waals surface area contributed by atoms with Crippen molar-refractivity contribution >= 4 is 29.1 Å². The number of carbonyl (C=O) groups excluding carboxylic acids is 3. The van der Waals surface area contributed by atoms with Crippen molar-refractivity contribution in [3.05, 3.63) is 23.8 Å². The third kappa shape index (κ3) is 3.45. The van der Waals surface area contributed by atoms with Crippen LogP contribution in [0.1, 0.15) is 45.6 Å². The van der Waals surface area contributed by atoms with Gasteiger partial charge in [0, 0.05) is 43.3 Å². The molecule has 2 heterocycles. The van der Waals surface area contributed by atoms with Crippen LogP contribution in [-0.4, -0.2) is 36.9 Å². The number of hydrogen-bond acceptors (Lipinski definition) is 3. The number of amides is 3. The molecule has 0 radical (unpaired) electrons. The summed E-state index contributed by atoms with van der Waals surface area (Å²) in [6, 6.07) is 5.91. The Morgan fingerprint density at radius 1 is 1.31 bits per heavy atom. The fraction of sp³-hybridized carbons (Fsp3) is 0.550. The Kier molecular flexibility index (Phi) is 5.30. The van der Waals surface area contributed by atoms with Crippen LogP contribution in [0.3, 0.4) is 0 Å². The molecule has 2 aliphatic rings. The summed E-state index contributed by atoms with van der Waals surface area (Å²) in [6.45, 7) is 6.96. The van der Waals surface area contributed by atoms with E-state index in [2.05, 4.69) is 5.32 Å². The molecule has 2 aliphatic heterocycles. The van der Waals surface area contributed by atoms with Crippen molar-refractivity contribution in [3.63, 3.8) is 0 Å². The topological polar surface area (TPSA) is 69.7 Å². The molecule has 2 atom stereocenters. The number of benzene rings is 1. The second-order valence-electron chi connectivity index (χ2n) is 7.19. The molecule has 0 spiro atoms. The van der Waals surface area contributed by atoms with E-state index >= 15 is 0 Å². The summed E-state index contributed by atoms with van der Waals surface area (Å²) in [7, 11) is 0. The van der Waals surface area contributed by atoms with E-state index in [1.54, 1.807) is 4.90 Å². The van der Waals surface area contributed by atoms with Gasteiger partial charge in [-0.25, -0.2) is 0 Å². The van der Waals surface area contributed by atoms with E-state index in [9.17, 15) is 14.4 Å². The Labute approximate surface area is 154 Å². The van der Waals surface area contributed by atoms with Gasteiger partial charge in [-0.1, -0.05) is 13.8 Å². The molecule has 1 aromatic carbocycles. The molecule has 6 nitrogen and oxygen atoms in total. The van der Waals surface area contributed by atoms with Gasteiger partial charge in [0.2, 0.25) is 17.7 Å². The van der Waals surface area contributed by atoms with Crippen LogP contribution in [0.4, 0.5) is 11.4 Å². The maximum Gasteiger partial charge on any atom is 0.227 e. The fourth-order valence-electron chi connectivity index (χ4n) is 3.60. The van der Waals surface area contributed by atoms with E-state index in [1.165, 1.54) is 0 Å². The lowest BCUT2D eigenvalue weighted by molar-refractivity contribution is -0.126. The minimum atomic E-state index is -0.303. The number of nitrogens with one attached hydrogen (secondary N) is 1. The molecule has 3 amide bonds. The smallest absolute Gasteiger partial charge is 0.227 e. The minimum Gasteiger partial charge on any atom is -0.353 e. The van der Waals surface area contributed by atoms with Gasteiger partial charge < -0.3 is 15.1 Å². The first kappa shape index (κ1) is 18.4. The van der Waals surface area contributed by atoms with Crippen LogP contribution in [0.25, 0.3) is 0 Å². The predicted molar refractivity (Wildman–Crippen MR) is 101 cm³/mol.